The lowest BCUT2D eigenvalue weighted by molar-refractivity contribution is -0.111. The zero-order chi connectivity index (χ0) is 22.4. The maximum absolute atomic E-state index is 12.9. The van der Waals surface area contributed by atoms with Crippen molar-refractivity contribution in [3.63, 3.8) is 0 Å². The molecule has 0 radical (unpaired) electrons. The topological polar surface area (TPSA) is 84.5 Å². The van der Waals surface area contributed by atoms with Gasteiger partial charge in [-0.3, -0.25) is 9.52 Å². The van der Waals surface area contributed by atoms with Gasteiger partial charge in [-0.2, -0.15) is 0 Å². The van der Waals surface area contributed by atoms with Crippen molar-refractivity contribution >= 4 is 60.9 Å². The number of methoxy groups -OCH3 is 1. The van der Waals surface area contributed by atoms with Crippen LogP contribution in [-0.2, 0) is 14.8 Å². The molecule has 160 valence electrons. The Hall–Kier alpha value is -2.81. The van der Waals surface area contributed by atoms with Crippen molar-refractivity contribution in [2.75, 3.05) is 17.1 Å². The van der Waals surface area contributed by atoms with E-state index < -0.39 is 15.9 Å². The molecule has 0 fully saturated rings. The second-order valence-corrected chi connectivity index (χ2v) is 9.36. The van der Waals surface area contributed by atoms with Gasteiger partial charge in [-0.25, -0.2) is 8.42 Å². The maximum Gasteiger partial charge on any atom is 0.265 e. The zero-order valence-electron chi connectivity index (χ0n) is 16.3. The van der Waals surface area contributed by atoms with Crippen molar-refractivity contribution in [2.24, 2.45) is 0 Å². The van der Waals surface area contributed by atoms with Crippen molar-refractivity contribution in [2.45, 2.75) is 4.90 Å². The highest BCUT2D eigenvalue weighted by Gasteiger charge is 2.21. The van der Waals surface area contributed by atoms with Gasteiger partial charge in [-0.15, -0.1) is 0 Å². The Balaban J connectivity index is 1.81. The molecule has 0 spiro atoms. The largest absolute Gasteiger partial charge is 0.495 e. The summed E-state index contributed by atoms with van der Waals surface area (Å²) < 4.78 is 34.3. The molecule has 3 aromatic rings. The predicted octanol–water partition coefficient (Wildman–Crippen LogP) is 5.56. The highest BCUT2D eigenvalue weighted by atomic mass is 79.9. The molecule has 0 aliphatic heterocycles. The first kappa shape index (κ1) is 22.9. The molecule has 0 saturated carbocycles. The Morgan fingerprint density at radius 3 is 2.42 bits per heavy atom. The normalized spacial score (nSPS) is 11.3. The summed E-state index contributed by atoms with van der Waals surface area (Å²) in [6, 6.07) is 18.1. The van der Waals surface area contributed by atoms with Crippen LogP contribution >= 0.6 is 27.5 Å². The monoisotopic (exact) mass is 520 g/mol. The van der Waals surface area contributed by atoms with Gasteiger partial charge in [0.15, 0.2) is 0 Å². The minimum absolute atomic E-state index is 0.112. The number of amides is 1. The predicted molar refractivity (Wildman–Crippen MR) is 127 cm³/mol. The molecule has 6 nitrogen and oxygen atoms in total. The number of sulfonamides is 1. The zero-order valence-corrected chi connectivity index (χ0v) is 19.5. The lowest BCUT2D eigenvalue weighted by atomic mass is 10.2. The summed E-state index contributed by atoms with van der Waals surface area (Å²) in [4.78, 5) is 12.2. The van der Waals surface area contributed by atoms with Crippen LogP contribution in [0.15, 0.2) is 82.2 Å². The van der Waals surface area contributed by atoms with Gasteiger partial charge in [0.25, 0.3) is 10.0 Å². The molecule has 3 rings (SSSR count). The number of carbonyl (C=O) groups is 1. The number of carbonyl (C=O) groups excluding carboxylic acids is 1. The highest BCUT2D eigenvalue weighted by Crippen LogP contribution is 2.29. The third-order valence-corrected chi connectivity index (χ3v) is 6.24. The van der Waals surface area contributed by atoms with Crippen LogP contribution in [0.4, 0.5) is 11.4 Å². The number of nitrogens with one attached hydrogen (secondary N) is 2. The Morgan fingerprint density at radius 2 is 1.74 bits per heavy atom. The first-order valence-corrected chi connectivity index (χ1v) is 11.6. The average molecular weight is 522 g/mol. The fourth-order valence-electron chi connectivity index (χ4n) is 2.66. The van der Waals surface area contributed by atoms with E-state index in [0.717, 1.165) is 10.0 Å². The fourth-order valence-corrected chi connectivity index (χ4v) is 4.46. The minimum atomic E-state index is -3.98. The van der Waals surface area contributed by atoms with Crippen LogP contribution in [0.1, 0.15) is 5.56 Å². The van der Waals surface area contributed by atoms with Crippen LogP contribution in [-0.4, -0.2) is 21.4 Å². The Kier molecular flexibility index (Phi) is 7.37. The molecule has 2 N–H and O–H groups in total. The van der Waals surface area contributed by atoms with E-state index in [0.29, 0.717) is 16.4 Å². The summed E-state index contributed by atoms with van der Waals surface area (Å²) in [5, 5.41) is 3.15. The second kappa shape index (κ2) is 10.00. The van der Waals surface area contributed by atoms with E-state index in [1.807, 2.05) is 24.3 Å². The Labute approximate surface area is 194 Å². The van der Waals surface area contributed by atoms with Gasteiger partial charge in [-0.1, -0.05) is 39.7 Å². The summed E-state index contributed by atoms with van der Waals surface area (Å²) in [6.45, 7) is 0. The van der Waals surface area contributed by atoms with Gasteiger partial charge in [0.1, 0.15) is 10.6 Å². The van der Waals surface area contributed by atoms with Crippen LogP contribution in [0, 0.1) is 0 Å². The van der Waals surface area contributed by atoms with Crippen LogP contribution < -0.4 is 14.8 Å². The van der Waals surface area contributed by atoms with Crippen LogP contribution in [0.25, 0.3) is 6.08 Å². The summed E-state index contributed by atoms with van der Waals surface area (Å²) in [6.07, 6.45) is 3.02. The van der Waals surface area contributed by atoms with Crippen molar-refractivity contribution < 1.29 is 17.9 Å². The molecule has 0 atom stereocenters. The number of anilines is 2. The van der Waals surface area contributed by atoms with Gasteiger partial charge >= 0.3 is 0 Å². The molecule has 3 aromatic carbocycles. The van der Waals surface area contributed by atoms with E-state index in [-0.39, 0.29) is 10.6 Å². The number of hydrogen-bond donors (Lipinski definition) is 2. The lowest BCUT2D eigenvalue weighted by Crippen LogP contribution is -2.15. The number of ether oxygens (including phenoxy) is 1. The van der Waals surface area contributed by atoms with Gasteiger partial charge in [-0.05, 0) is 66.2 Å². The number of hydrogen-bond acceptors (Lipinski definition) is 4. The van der Waals surface area contributed by atoms with E-state index in [2.05, 4.69) is 26.0 Å². The molecule has 0 heterocycles. The number of benzene rings is 3. The number of halogens is 2. The molecular weight excluding hydrogens is 504 g/mol. The number of rotatable bonds is 7. The van der Waals surface area contributed by atoms with Crippen LogP contribution in [0.5, 0.6) is 5.75 Å². The van der Waals surface area contributed by atoms with E-state index in [4.69, 9.17) is 16.3 Å². The van der Waals surface area contributed by atoms with Gasteiger partial charge in [0.05, 0.1) is 7.11 Å². The lowest BCUT2D eigenvalue weighted by Gasteiger charge is -2.13. The Bertz CT molecular complexity index is 1230. The van der Waals surface area contributed by atoms with Crippen molar-refractivity contribution in [1.29, 1.82) is 0 Å². The third-order valence-electron chi connectivity index (χ3n) is 4.09. The molecule has 0 aliphatic carbocycles. The Morgan fingerprint density at radius 1 is 1.03 bits per heavy atom. The first-order chi connectivity index (χ1) is 14.8. The molecule has 31 heavy (non-hydrogen) atoms. The molecule has 0 aliphatic rings. The maximum atomic E-state index is 12.9. The molecule has 0 saturated heterocycles. The van der Waals surface area contributed by atoms with Gasteiger partial charge in [0.2, 0.25) is 5.91 Å². The summed E-state index contributed by atoms with van der Waals surface area (Å²) in [5.41, 5.74) is 1.49. The van der Waals surface area contributed by atoms with Crippen molar-refractivity contribution in [3.8, 4) is 5.75 Å². The van der Waals surface area contributed by atoms with E-state index in [9.17, 15) is 13.2 Å². The molecular formula is C22H18BrClN2O4S. The smallest absolute Gasteiger partial charge is 0.265 e. The van der Waals surface area contributed by atoms with E-state index in [1.165, 1.54) is 25.3 Å². The van der Waals surface area contributed by atoms with Crippen molar-refractivity contribution in [1.82, 2.24) is 0 Å². The summed E-state index contributed by atoms with van der Waals surface area (Å²) in [7, 11) is -2.61. The molecule has 0 bridgehead atoms. The first-order valence-electron chi connectivity index (χ1n) is 8.98. The average Bonchev–Trinajstić information content (AvgIpc) is 2.74. The highest BCUT2D eigenvalue weighted by molar-refractivity contribution is 9.10. The summed E-state index contributed by atoms with van der Waals surface area (Å²) >= 11 is 9.22. The second-order valence-electron chi connectivity index (χ2n) is 6.36. The fraction of sp³-hybridized carbons (Fsp3) is 0.0455. The van der Waals surface area contributed by atoms with E-state index >= 15 is 0 Å². The van der Waals surface area contributed by atoms with Gasteiger partial charge in [0, 0.05) is 26.9 Å². The minimum Gasteiger partial charge on any atom is -0.495 e. The quantitative estimate of drug-likeness (QED) is 0.399. The van der Waals surface area contributed by atoms with Crippen LogP contribution in [0.2, 0.25) is 5.02 Å². The molecule has 0 unspecified atom stereocenters. The van der Waals surface area contributed by atoms with Crippen LogP contribution in [0.3, 0.4) is 0 Å². The standard InChI is InChI=1S/C22H18BrClN2O4S/c1-30-20-11-10-19(25-22(27)12-5-15-3-2-4-16(23)13-15)14-21(20)31(28,29)26-18-8-6-17(24)7-9-18/h2-14,26H,1H3,(H,25,27)/b12-5+. The van der Waals surface area contributed by atoms with E-state index in [1.54, 1.807) is 36.4 Å². The third kappa shape index (κ3) is 6.33. The summed E-state index contributed by atoms with van der Waals surface area (Å²) in [5.74, 6) is -0.261. The van der Waals surface area contributed by atoms with Crippen molar-refractivity contribution in [3.05, 3.63) is 87.9 Å². The van der Waals surface area contributed by atoms with Gasteiger partial charge < -0.3 is 10.1 Å². The SMILES string of the molecule is COc1ccc(NC(=O)/C=C/c2cccc(Br)c2)cc1S(=O)(=O)Nc1ccc(Cl)cc1. The molecule has 9 heteroatoms. The molecule has 0 aromatic heterocycles. The molecule has 1 amide bonds.